The van der Waals surface area contributed by atoms with Crippen molar-refractivity contribution in [3.63, 3.8) is 0 Å². The van der Waals surface area contributed by atoms with Crippen molar-refractivity contribution in [2.75, 3.05) is 24.2 Å². The van der Waals surface area contributed by atoms with Crippen LogP contribution in [-0.4, -0.2) is 43.9 Å². The summed E-state index contributed by atoms with van der Waals surface area (Å²) < 4.78 is 30.2. The Labute approximate surface area is 105 Å². The van der Waals surface area contributed by atoms with Gasteiger partial charge in [0.05, 0.1) is 17.6 Å². The molecule has 0 aliphatic carbocycles. The SMILES string of the molecule is COCCCS(=O)(=O)Nc1ccc(C(=O)O)nc1. The van der Waals surface area contributed by atoms with Crippen molar-refractivity contribution < 1.29 is 23.1 Å². The average molecular weight is 274 g/mol. The molecule has 0 fully saturated rings. The van der Waals surface area contributed by atoms with Gasteiger partial charge in [-0.15, -0.1) is 0 Å². The van der Waals surface area contributed by atoms with E-state index in [0.717, 1.165) is 6.20 Å². The van der Waals surface area contributed by atoms with Gasteiger partial charge >= 0.3 is 5.97 Å². The molecule has 1 rings (SSSR count). The molecular formula is C10H14N2O5S. The fourth-order valence-electron chi connectivity index (χ4n) is 1.20. The molecule has 0 radical (unpaired) electrons. The number of methoxy groups -OCH3 is 1. The van der Waals surface area contributed by atoms with Crippen LogP contribution in [0.3, 0.4) is 0 Å². The molecule has 0 amide bonds. The third-order valence-corrected chi connectivity index (χ3v) is 3.39. The molecule has 0 saturated carbocycles. The lowest BCUT2D eigenvalue weighted by atomic mass is 10.3. The summed E-state index contributed by atoms with van der Waals surface area (Å²) >= 11 is 0. The van der Waals surface area contributed by atoms with Crippen LogP contribution in [0.25, 0.3) is 0 Å². The predicted molar refractivity (Wildman–Crippen MR) is 65.1 cm³/mol. The van der Waals surface area contributed by atoms with Crippen molar-refractivity contribution in [1.29, 1.82) is 0 Å². The zero-order chi connectivity index (χ0) is 13.6. The zero-order valence-electron chi connectivity index (χ0n) is 9.79. The summed E-state index contributed by atoms with van der Waals surface area (Å²) in [4.78, 5) is 14.2. The van der Waals surface area contributed by atoms with Crippen molar-refractivity contribution in [3.05, 3.63) is 24.0 Å². The fraction of sp³-hybridized carbons (Fsp3) is 0.400. The summed E-state index contributed by atoms with van der Waals surface area (Å²) in [6, 6.07) is 2.58. The number of carbonyl (C=O) groups is 1. The minimum atomic E-state index is -3.46. The Hall–Kier alpha value is -1.67. The van der Waals surface area contributed by atoms with Crippen LogP contribution in [0.2, 0.25) is 0 Å². The van der Waals surface area contributed by atoms with E-state index in [1.165, 1.54) is 19.2 Å². The van der Waals surface area contributed by atoms with Gasteiger partial charge < -0.3 is 9.84 Å². The first-order valence-electron chi connectivity index (χ1n) is 5.13. The molecule has 0 bridgehead atoms. The summed E-state index contributed by atoms with van der Waals surface area (Å²) in [6.45, 7) is 0.358. The van der Waals surface area contributed by atoms with E-state index in [0.29, 0.717) is 13.0 Å². The summed E-state index contributed by atoms with van der Waals surface area (Å²) in [6.07, 6.45) is 1.55. The smallest absolute Gasteiger partial charge is 0.354 e. The first-order chi connectivity index (χ1) is 8.44. The van der Waals surface area contributed by atoms with Crippen LogP contribution in [0, 0.1) is 0 Å². The van der Waals surface area contributed by atoms with Gasteiger partial charge in [0.1, 0.15) is 5.69 Å². The molecule has 0 atom stereocenters. The molecule has 0 aliphatic rings. The van der Waals surface area contributed by atoms with E-state index in [2.05, 4.69) is 9.71 Å². The molecule has 2 N–H and O–H groups in total. The quantitative estimate of drug-likeness (QED) is 0.704. The van der Waals surface area contributed by atoms with E-state index in [4.69, 9.17) is 9.84 Å². The number of hydrogen-bond acceptors (Lipinski definition) is 5. The molecule has 7 nitrogen and oxygen atoms in total. The van der Waals surface area contributed by atoms with Gasteiger partial charge in [-0.25, -0.2) is 18.2 Å². The first-order valence-corrected chi connectivity index (χ1v) is 6.78. The Morgan fingerprint density at radius 1 is 1.50 bits per heavy atom. The van der Waals surface area contributed by atoms with Crippen molar-refractivity contribution >= 4 is 21.7 Å². The van der Waals surface area contributed by atoms with E-state index in [9.17, 15) is 13.2 Å². The molecule has 100 valence electrons. The number of pyridine rings is 1. The van der Waals surface area contributed by atoms with Gasteiger partial charge in [0.25, 0.3) is 0 Å². The Kier molecular flexibility index (Phi) is 5.05. The number of carboxylic acid groups (broad SMARTS) is 1. The molecule has 1 aromatic heterocycles. The fourth-order valence-corrected chi connectivity index (χ4v) is 2.28. The van der Waals surface area contributed by atoms with E-state index < -0.39 is 16.0 Å². The van der Waals surface area contributed by atoms with Crippen LogP contribution in [-0.2, 0) is 14.8 Å². The van der Waals surface area contributed by atoms with Crippen molar-refractivity contribution in [2.24, 2.45) is 0 Å². The van der Waals surface area contributed by atoms with Crippen LogP contribution in [0.4, 0.5) is 5.69 Å². The van der Waals surface area contributed by atoms with E-state index in [1.807, 2.05) is 0 Å². The number of rotatable bonds is 7. The molecule has 1 heterocycles. The second-order valence-electron chi connectivity index (χ2n) is 3.50. The van der Waals surface area contributed by atoms with Gasteiger partial charge in [-0.3, -0.25) is 4.72 Å². The highest BCUT2D eigenvalue weighted by atomic mass is 32.2. The van der Waals surface area contributed by atoms with Crippen LogP contribution >= 0.6 is 0 Å². The number of anilines is 1. The maximum Gasteiger partial charge on any atom is 0.354 e. The Morgan fingerprint density at radius 2 is 2.22 bits per heavy atom. The summed E-state index contributed by atoms with van der Waals surface area (Å²) in [5, 5.41) is 8.64. The first kappa shape index (κ1) is 14.4. The number of ether oxygens (including phenoxy) is 1. The maximum absolute atomic E-state index is 11.6. The van der Waals surface area contributed by atoms with Gasteiger partial charge in [-0.1, -0.05) is 0 Å². The Morgan fingerprint density at radius 3 is 2.72 bits per heavy atom. The standard InChI is InChI=1S/C10H14N2O5S/c1-17-5-2-6-18(15,16)12-8-3-4-9(10(13)14)11-7-8/h3-4,7,12H,2,5-6H2,1H3,(H,13,14). The third-order valence-electron chi connectivity index (χ3n) is 2.02. The second-order valence-corrected chi connectivity index (χ2v) is 5.35. The number of carboxylic acids is 1. The molecule has 0 aromatic carbocycles. The van der Waals surface area contributed by atoms with Gasteiger partial charge in [-0.05, 0) is 18.6 Å². The van der Waals surface area contributed by atoms with E-state index in [-0.39, 0.29) is 17.1 Å². The lowest BCUT2D eigenvalue weighted by Gasteiger charge is -2.07. The number of aromatic carboxylic acids is 1. The predicted octanol–water partition coefficient (Wildman–Crippen LogP) is 0.558. The van der Waals surface area contributed by atoms with Crippen molar-refractivity contribution in [1.82, 2.24) is 4.98 Å². The minimum absolute atomic E-state index is 0.0679. The van der Waals surface area contributed by atoms with Crippen LogP contribution in [0.15, 0.2) is 18.3 Å². The van der Waals surface area contributed by atoms with Crippen LogP contribution < -0.4 is 4.72 Å². The van der Waals surface area contributed by atoms with Crippen LogP contribution in [0.5, 0.6) is 0 Å². The number of hydrogen-bond donors (Lipinski definition) is 2. The molecule has 0 aliphatic heterocycles. The minimum Gasteiger partial charge on any atom is -0.477 e. The lowest BCUT2D eigenvalue weighted by Crippen LogP contribution is -2.18. The highest BCUT2D eigenvalue weighted by molar-refractivity contribution is 7.92. The topological polar surface area (TPSA) is 106 Å². The molecule has 18 heavy (non-hydrogen) atoms. The largest absolute Gasteiger partial charge is 0.477 e. The van der Waals surface area contributed by atoms with E-state index >= 15 is 0 Å². The maximum atomic E-state index is 11.6. The number of nitrogens with one attached hydrogen (secondary N) is 1. The third kappa shape index (κ3) is 4.68. The molecule has 0 unspecified atom stereocenters. The summed E-state index contributed by atoms with van der Waals surface area (Å²) in [5.41, 5.74) is 0.0924. The Bertz CT molecular complexity index is 498. The monoisotopic (exact) mass is 274 g/mol. The highest BCUT2D eigenvalue weighted by Crippen LogP contribution is 2.09. The average Bonchev–Trinajstić information content (AvgIpc) is 2.29. The molecule has 1 aromatic rings. The number of aromatic nitrogens is 1. The van der Waals surface area contributed by atoms with Crippen molar-refractivity contribution in [2.45, 2.75) is 6.42 Å². The number of sulfonamides is 1. The number of nitrogens with zero attached hydrogens (tertiary/aromatic N) is 1. The molecule has 8 heteroatoms. The van der Waals surface area contributed by atoms with Crippen molar-refractivity contribution in [3.8, 4) is 0 Å². The van der Waals surface area contributed by atoms with E-state index in [1.54, 1.807) is 0 Å². The normalized spacial score (nSPS) is 11.2. The molecule has 0 spiro atoms. The van der Waals surface area contributed by atoms with Gasteiger partial charge in [-0.2, -0.15) is 0 Å². The molecule has 0 saturated heterocycles. The Balaban J connectivity index is 2.63. The highest BCUT2D eigenvalue weighted by Gasteiger charge is 2.11. The summed E-state index contributed by atoms with van der Waals surface area (Å²) in [7, 11) is -1.96. The van der Waals surface area contributed by atoms with Gasteiger partial charge in [0.15, 0.2) is 0 Å². The summed E-state index contributed by atoms with van der Waals surface area (Å²) in [5.74, 6) is -1.23. The van der Waals surface area contributed by atoms with Crippen LogP contribution in [0.1, 0.15) is 16.9 Å². The lowest BCUT2D eigenvalue weighted by molar-refractivity contribution is 0.0690. The second kappa shape index (κ2) is 6.31. The van der Waals surface area contributed by atoms with Gasteiger partial charge in [0.2, 0.25) is 10.0 Å². The zero-order valence-corrected chi connectivity index (χ0v) is 10.6. The molecular weight excluding hydrogens is 260 g/mol. The van der Waals surface area contributed by atoms with Gasteiger partial charge in [0, 0.05) is 13.7 Å².